The number of hydrogen-bond donors (Lipinski definition) is 1. The zero-order valence-electron chi connectivity index (χ0n) is 15.2. The lowest BCUT2D eigenvalue weighted by Crippen LogP contribution is -2.17. The van der Waals surface area contributed by atoms with Gasteiger partial charge in [-0.05, 0) is 36.6 Å². The Morgan fingerprint density at radius 3 is 2.70 bits per heavy atom. The Labute approximate surface area is 156 Å². The van der Waals surface area contributed by atoms with Crippen LogP contribution in [0.4, 0.5) is 10.3 Å². The van der Waals surface area contributed by atoms with Gasteiger partial charge in [-0.3, -0.25) is 0 Å². The molecule has 1 aromatic carbocycles. The molecular formula is C19H22FN5O2. The number of hydrogen-bond acceptors (Lipinski definition) is 6. The fourth-order valence-corrected chi connectivity index (χ4v) is 3.29. The standard InChI is InChI=1S/C19H22FN5O2/c1-26-16-4-2-13(3-5-16)12-21-18-23-19-22-15(11-20)10-17(25(19)24-18)14-6-8-27-9-7-14/h2-5,10,14H,6-9,11-12H2,1H3,(H,21,24). The van der Waals surface area contributed by atoms with Gasteiger partial charge in [0.05, 0.1) is 18.5 Å². The molecule has 2 aromatic heterocycles. The topological polar surface area (TPSA) is 73.6 Å². The van der Waals surface area contributed by atoms with E-state index in [4.69, 9.17) is 9.47 Å². The van der Waals surface area contributed by atoms with Gasteiger partial charge in [0.1, 0.15) is 12.4 Å². The second kappa shape index (κ2) is 7.87. The number of halogens is 1. The summed E-state index contributed by atoms with van der Waals surface area (Å²) in [6, 6.07) is 9.58. The van der Waals surface area contributed by atoms with Crippen LogP contribution in [-0.2, 0) is 18.0 Å². The van der Waals surface area contributed by atoms with Crippen LogP contribution in [0.1, 0.15) is 35.7 Å². The van der Waals surface area contributed by atoms with E-state index in [-0.39, 0.29) is 5.92 Å². The zero-order chi connectivity index (χ0) is 18.6. The van der Waals surface area contributed by atoms with Gasteiger partial charge in [0.25, 0.3) is 5.78 Å². The van der Waals surface area contributed by atoms with Crippen molar-refractivity contribution in [2.75, 3.05) is 25.6 Å². The Morgan fingerprint density at radius 2 is 2.00 bits per heavy atom. The first-order valence-corrected chi connectivity index (χ1v) is 9.04. The zero-order valence-corrected chi connectivity index (χ0v) is 15.2. The van der Waals surface area contributed by atoms with Crippen molar-refractivity contribution in [3.63, 3.8) is 0 Å². The van der Waals surface area contributed by atoms with Crippen LogP contribution in [0.5, 0.6) is 5.75 Å². The van der Waals surface area contributed by atoms with E-state index in [1.807, 2.05) is 24.3 Å². The van der Waals surface area contributed by atoms with Crippen LogP contribution < -0.4 is 10.1 Å². The van der Waals surface area contributed by atoms with Crippen molar-refractivity contribution in [3.8, 4) is 5.75 Å². The molecule has 0 spiro atoms. The quantitative estimate of drug-likeness (QED) is 0.718. The third-order valence-corrected chi connectivity index (χ3v) is 4.78. The fraction of sp³-hybridized carbons (Fsp3) is 0.421. The van der Waals surface area contributed by atoms with Crippen molar-refractivity contribution in [2.24, 2.45) is 0 Å². The average Bonchev–Trinajstić information content (AvgIpc) is 3.15. The van der Waals surface area contributed by atoms with Crippen LogP contribution in [0, 0.1) is 0 Å². The van der Waals surface area contributed by atoms with Crippen LogP contribution in [0.3, 0.4) is 0 Å². The minimum Gasteiger partial charge on any atom is -0.497 e. The van der Waals surface area contributed by atoms with Gasteiger partial charge in [0.15, 0.2) is 0 Å². The Morgan fingerprint density at radius 1 is 1.22 bits per heavy atom. The maximum Gasteiger partial charge on any atom is 0.254 e. The van der Waals surface area contributed by atoms with Gasteiger partial charge in [-0.15, -0.1) is 5.10 Å². The number of methoxy groups -OCH3 is 1. The molecule has 27 heavy (non-hydrogen) atoms. The van der Waals surface area contributed by atoms with Crippen molar-refractivity contribution >= 4 is 11.7 Å². The molecular weight excluding hydrogens is 349 g/mol. The summed E-state index contributed by atoms with van der Waals surface area (Å²) in [6.07, 6.45) is 1.78. The number of benzene rings is 1. The summed E-state index contributed by atoms with van der Waals surface area (Å²) in [5.74, 6) is 1.98. The summed E-state index contributed by atoms with van der Waals surface area (Å²) in [5.41, 5.74) is 2.41. The van der Waals surface area contributed by atoms with Crippen molar-refractivity contribution in [2.45, 2.75) is 32.0 Å². The lowest BCUT2D eigenvalue weighted by atomic mass is 9.96. The SMILES string of the molecule is COc1ccc(CNc2nc3nc(CF)cc(C4CCOCC4)n3n2)cc1. The molecule has 8 heteroatoms. The molecule has 142 valence electrons. The number of alkyl halides is 1. The van der Waals surface area contributed by atoms with Gasteiger partial charge >= 0.3 is 0 Å². The smallest absolute Gasteiger partial charge is 0.254 e. The number of nitrogens with one attached hydrogen (secondary N) is 1. The van der Waals surface area contributed by atoms with E-state index in [0.29, 0.717) is 37.2 Å². The highest BCUT2D eigenvalue weighted by atomic mass is 19.1. The van der Waals surface area contributed by atoms with E-state index in [9.17, 15) is 4.39 Å². The van der Waals surface area contributed by atoms with Crippen molar-refractivity contribution in [1.82, 2.24) is 19.6 Å². The minimum absolute atomic E-state index is 0.269. The third-order valence-electron chi connectivity index (χ3n) is 4.78. The second-order valence-corrected chi connectivity index (χ2v) is 6.54. The van der Waals surface area contributed by atoms with Crippen molar-refractivity contribution in [3.05, 3.63) is 47.3 Å². The first kappa shape index (κ1) is 17.7. The number of anilines is 1. The Balaban J connectivity index is 1.58. The van der Waals surface area contributed by atoms with Gasteiger partial charge in [0.2, 0.25) is 5.95 Å². The lowest BCUT2D eigenvalue weighted by Gasteiger charge is -2.22. The molecule has 1 aliphatic rings. The highest BCUT2D eigenvalue weighted by molar-refractivity contribution is 5.41. The maximum absolute atomic E-state index is 13.3. The summed E-state index contributed by atoms with van der Waals surface area (Å²) in [5, 5.41) is 7.77. The van der Waals surface area contributed by atoms with E-state index >= 15 is 0 Å². The highest BCUT2D eigenvalue weighted by Gasteiger charge is 2.21. The molecule has 7 nitrogen and oxygen atoms in total. The Bertz CT molecular complexity index is 906. The number of ether oxygens (including phenoxy) is 2. The second-order valence-electron chi connectivity index (χ2n) is 6.54. The summed E-state index contributed by atoms with van der Waals surface area (Å²) >= 11 is 0. The lowest BCUT2D eigenvalue weighted by molar-refractivity contribution is 0.0840. The van der Waals surface area contributed by atoms with Gasteiger partial charge in [-0.2, -0.15) is 9.50 Å². The molecule has 0 aliphatic carbocycles. The molecule has 1 N–H and O–H groups in total. The molecule has 1 aliphatic heterocycles. The summed E-state index contributed by atoms with van der Waals surface area (Å²) in [4.78, 5) is 8.71. The van der Waals surface area contributed by atoms with E-state index < -0.39 is 6.67 Å². The predicted octanol–water partition coefficient (Wildman–Crippen LogP) is 3.11. The summed E-state index contributed by atoms with van der Waals surface area (Å²) in [6.45, 7) is 1.37. The number of rotatable bonds is 6. The summed E-state index contributed by atoms with van der Waals surface area (Å²) < 4.78 is 25.6. The normalized spacial score (nSPS) is 15.2. The molecule has 0 amide bonds. The number of aromatic nitrogens is 4. The molecule has 3 heterocycles. The molecule has 0 bridgehead atoms. The predicted molar refractivity (Wildman–Crippen MR) is 98.7 cm³/mol. The minimum atomic E-state index is -0.617. The molecule has 1 saturated heterocycles. The van der Waals surface area contributed by atoms with Crippen LogP contribution >= 0.6 is 0 Å². The largest absolute Gasteiger partial charge is 0.497 e. The average molecular weight is 371 g/mol. The van der Waals surface area contributed by atoms with E-state index in [1.54, 1.807) is 17.7 Å². The van der Waals surface area contributed by atoms with E-state index in [1.165, 1.54) is 0 Å². The Hall–Kier alpha value is -2.74. The summed E-state index contributed by atoms with van der Waals surface area (Å²) in [7, 11) is 1.64. The van der Waals surface area contributed by atoms with Crippen LogP contribution in [-0.4, -0.2) is 39.9 Å². The molecule has 3 aromatic rings. The van der Waals surface area contributed by atoms with E-state index in [2.05, 4.69) is 20.4 Å². The van der Waals surface area contributed by atoms with Crippen molar-refractivity contribution in [1.29, 1.82) is 0 Å². The molecule has 1 fully saturated rings. The molecule has 0 radical (unpaired) electrons. The highest BCUT2D eigenvalue weighted by Crippen LogP contribution is 2.28. The van der Waals surface area contributed by atoms with Gasteiger partial charge in [-0.25, -0.2) is 9.37 Å². The van der Waals surface area contributed by atoms with Crippen LogP contribution in [0.15, 0.2) is 30.3 Å². The van der Waals surface area contributed by atoms with Gasteiger partial charge in [0, 0.05) is 25.7 Å². The first-order chi connectivity index (χ1) is 13.3. The fourth-order valence-electron chi connectivity index (χ4n) is 3.29. The van der Waals surface area contributed by atoms with Crippen LogP contribution in [0.25, 0.3) is 5.78 Å². The van der Waals surface area contributed by atoms with Crippen LogP contribution in [0.2, 0.25) is 0 Å². The maximum atomic E-state index is 13.3. The molecule has 0 unspecified atom stereocenters. The first-order valence-electron chi connectivity index (χ1n) is 9.04. The number of nitrogens with zero attached hydrogens (tertiary/aromatic N) is 4. The molecule has 0 saturated carbocycles. The van der Waals surface area contributed by atoms with Gasteiger partial charge < -0.3 is 14.8 Å². The molecule has 0 atom stereocenters. The van der Waals surface area contributed by atoms with Crippen molar-refractivity contribution < 1.29 is 13.9 Å². The molecule has 4 rings (SSSR count). The third kappa shape index (κ3) is 3.85. The monoisotopic (exact) mass is 371 g/mol. The van der Waals surface area contributed by atoms with Gasteiger partial charge in [-0.1, -0.05) is 12.1 Å². The number of fused-ring (bicyclic) bond motifs is 1. The van der Waals surface area contributed by atoms with E-state index in [0.717, 1.165) is 29.8 Å². The Kier molecular flexibility index (Phi) is 5.15.